The molecule has 1 N–H and O–H groups in total. The predicted octanol–water partition coefficient (Wildman–Crippen LogP) is -0.599. The predicted molar refractivity (Wildman–Crippen MR) is 32.9 cm³/mol. The van der Waals surface area contributed by atoms with E-state index in [1.807, 2.05) is 0 Å². The van der Waals surface area contributed by atoms with Crippen LogP contribution in [-0.4, -0.2) is 35.9 Å². The Morgan fingerprint density at radius 3 is 2.55 bits per heavy atom. The number of carbonyl (C=O) groups excluding carboxylic acids is 1. The lowest BCUT2D eigenvalue weighted by Crippen LogP contribution is -2.17. The van der Waals surface area contributed by atoms with E-state index >= 15 is 0 Å². The highest BCUT2D eigenvalue weighted by molar-refractivity contribution is 5.88. The van der Waals surface area contributed by atoms with Crippen LogP contribution in [0.1, 0.15) is 6.92 Å². The summed E-state index contributed by atoms with van der Waals surface area (Å²) in [5, 5.41) is 8.31. The second-order valence-electron chi connectivity index (χ2n) is 2.07. The fourth-order valence-electron chi connectivity index (χ4n) is 0.704. The SMILES string of the molecule is CCOC(=O)[C@@H]1O[C@@H]1C(=O)O. The Bertz CT molecular complexity index is 187. The van der Waals surface area contributed by atoms with Gasteiger partial charge in [-0.3, -0.25) is 0 Å². The summed E-state index contributed by atoms with van der Waals surface area (Å²) in [5.74, 6) is -1.72. The van der Waals surface area contributed by atoms with Gasteiger partial charge in [-0.05, 0) is 6.92 Å². The first-order valence-electron chi connectivity index (χ1n) is 3.21. The molecule has 1 saturated heterocycles. The maximum atomic E-state index is 10.7. The number of esters is 1. The van der Waals surface area contributed by atoms with Gasteiger partial charge in [0.05, 0.1) is 6.61 Å². The van der Waals surface area contributed by atoms with Gasteiger partial charge in [0.15, 0.2) is 12.2 Å². The Hall–Kier alpha value is -1.10. The number of hydrogen-bond acceptors (Lipinski definition) is 4. The van der Waals surface area contributed by atoms with Gasteiger partial charge in [-0.25, -0.2) is 9.59 Å². The molecule has 1 fully saturated rings. The second kappa shape index (κ2) is 2.87. The Morgan fingerprint density at radius 1 is 1.55 bits per heavy atom. The summed E-state index contributed by atoms with van der Waals surface area (Å²) in [5.41, 5.74) is 0. The van der Waals surface area contributed by atoms with Crippen LogP contribution in [-0.2, 0) is 19.1 Å². The number of rotatable bonds is 3. The number of carbonyl (C=O) groups is 2. The molecular weight excluding hydrogens is 152 g/mol. The molecule has 0 aromatic rings. The maximum Gasteiger partial charge on any atom is 0.338 e. The molecule has 1 aliphatic rings. The first-order chi connectivity index (χ1) is 5.16. The minimum Gasteiger partial charge on any atom is -0.479 e. The molecular formula is C6H8O5. The van der Waals surface area contributed by atoms with E-state index in [-0.39, 0.29) is 6.61 Å². The highest BCUT2D eigenvalue weighted by atomic mass is 16.7. The Morgan fingerprint density at radius 2 is 2.18 bits per heavy atom. The van der Waals surface area contributed by atoms with E-state index in [1.54, 1.807) is 6.92 Å². The van der Waals surface area contributed by atoms with Crippen LogP contribution in [0.2, 0.25) is 0 Å². The molecule has 1 rings (SSSR count). The van der Waals surface area contributed by atoms with Crippen LogP contribution < -0.4 is 0 Å². The quantitative estimate of drug-likeness (QED) is 0.440. The number of aliphatic carboxylic acids is 1. The molecule has 0 aromatic heterocycles. The monoisotopic (exact) mass is 160 g/mol. The largest absolute Gasteiger partial charge is 0.479 e. The number of carboxylic acid groups (broad SMARTS) is 1. The van der Waals surface area contributed by atoms with E-state index < -0.39 is 24.1 Å². The third-order valence-electron chi connectivity index (χ3n) is 1.25. The van der Waals surface area contributed by atoms with Crippen LogP contribution in [0.25, 0.3) is 0 Å². The van der Waals surface area contributed by atoms with E-state index in [9.17, 15) is 9.59 Å². The first kappa shape index (κ1) is 8.00. The molecule has 5 nitrogen and oxygen atoms in total. The molecule has 11 heavy (non-hydrogen) atoms. The number of epoxide rings is 1. The van der Waals surface area contributed by atoms with Gasteiger partial charge in [0.1, 0.15) is 0 Å². The van der Waals surface area contributed by atoms with Gasteiger partial charge in [0.25, 0.3) is 0 Å². The van der Waals surface area contributed by atoms with Crippen molar-refractivity contribution in [3.63, 3.8) is 0 Å². The molecule has 0 aliphatic carbocycles. The molecule has 0 amide bonds. The second-order valence-corrected chi connectivity index (χ2v) is 2.07. The van der Waals surface area contributed by atoms with Crippen LogP contribution >= 0.6 is 0 Å². The molecule has 0 saturated carbocycles. The summed E-state index contributed by atoms with van der Waals surface area (Å²) < 4.78 is 9.04. The smallest absolute Gasteiger partial charge is 0.338 e. The van der Waals surface area contributed by atoms with Crippen molar-refractivity contribution in [1.82, 2.24) is 0 Å². The van der Waals surface area contributed by atoms with Gasteiger partial charge in [0, 0.05) is 0 Å². The van der Waals surface area contributed by atoms with Crippen LogP contribution in [0.4, 0.5) is 0 Å². The van der Waals surface area contributed by atoms with Gasteiger partial charge in [-0.2, -0.15) is 0 Å². The topological polar surface area (TPSA) is 76.1 Å². The van der Waals surface area contributed by atoms with Crippen molar-refractivity contribution in [2.24, 2.45) is 0 Å². The number of hydrogen-bond donors (Lipinski definition) is 1. The Kier molecular flexibility index (Phi) is 2.09. The van der Waals surface area contributed by atoms with Gasteiger partial charge < -0.3 is 14.6 Å². The third-order valence-corrected chi connectivity index (χ3v) is 1.25. The number of carboxylic acids is 1. The maximum absolute atomic E-state index is 10.7. The summed E-state index contributed by atoms with van der Waals surface area (Å²) in [6.45, 7) is 1.89. The first-order valence-corrected chi connectivity index (χ1v) is 3.21. The van der Waals surface area contributed by atoms with Crippen LogP contribution in [0.3, 0.4) is 0 Å². The van der Waals surface area contributed by atoms with Crippen molar-refractivity contribution < 1.29 is 24.2 Å². The molecule has 1 heterocycles. The summed E-state index contributed by atoms with van der Waals surface area (Å²) >= 11 is 0. The highest BCUT2D eigenvalue weighted by Crippen LogP contribution is 2.23. The van der Waals surface area contributed by atoms with Crippen molar-refractivity contribution >= 4 is 11.9 Å². The normalized spacial score (nSPS) is 27.7. The zero-order valence-electron chi connectivity index (χ0n) is 5.94. The fraction of sp³-hybridized carbons (Fsp3) is 0.667. The molecule has 0 aromatic carbocycles. The van der Waals surface area contributed by atoms with Crippen LogP contribution in [0.15, 0.2) is 0 Å². The molecule has 0 spiro atoms. The van der Waals surface area contributed by atoms with Crippen molar-refractivity contribution in [1.29, 1.82) is 0 Å². The van der Waals surface area contributed by atoms with E-state index in [0.717, 1.165) is 0 Å². The van der Waals surface area contributed by atoms with Crippen molar-refractivity contribution in [2.45, 2.75) is 19.1 Å². The standard InChI is InChI=1S/C6H8O5/c1-2-10-6(9)4-3(11-4)5(7)8/h3-4H,2H2,1H3,(H,7,8)/t3-,4+/m0/s1. The summed E-state index contributed by atoms with van der Waals surface area (Å²) in [6, 6.07) is 0. The van der Waals surface area contributed by atoms with Crippen molar-refractivity contribution in [2.75, 3.05) is 6.61 Å². The van der Waals surface area contributed by atoms with E-state index in [2.05, 4.69) is 9.47 Å². The molecule has 62 valence electrons. The average Bonchev–Trinajstić information content (AvgIpc) is 2.65. The molecule has 1 aliphatic heterocycles. The zero-order chi connectivity index (χ0) is 8.43. The summed E-state index contributed by atoms with van der Waals surface area (Å²) in [6.07, 6.45) is -1.87. The third kappa shape index (κ3) is 1.68. The van der Waals surface area contributed by atoms with E-state index in [1.165, 1.54) is 0 Å². The van der Waals surface area contributed by atoms with Crippen LogP contribution in [0, 0.1) is 0 Å². The minimum absolute atomic E-state index is 0.241. The molecule has 0 unspecified atom stereocenters. The summed E-state index contributed by atoms with van der Waals surface area (Å²) in [4.78, 5) is 20.9. The average molecular weight is 160 g/mol. The van der Waals surface area contributed by atoms with Crippen LogP contribution in [0.5, 0.6) is 0 Å². The molecule has 2 atom stereocenters. The van der Waals surface area contributed by atoms with Gasteiger partial charge in [-0.15, -0.1) is 0 Å². The van der Waals surface area contributed by atoms with Gasteiger partial charge in [-0.1, -0.05) is 0 Å². The lowest BCUT2D eigenvalue weighted by molar-refractivity contribution is -0.145. The van der Waals surface area contributed by atoms with Gasteiger partial charge in [0.2, 0.25) is 0 Å². The highest BCUT2D eigenvalue weighted by Gasteiger charge is 2.51. The molecule has 0 radical (unpaired) electrons. The number of ether oxygens (including phenoxy) is 2. The molecule has 0 bridgehead atoms. The van der Waals surface area contributed by atoms with E-state index in [0.29, 0.717) is 0 Å². The van der Waals surface area contributed by atoms with E-state index in [4.69, 9.17) is 5.11 Å². The Balaban J connectivity index is 2.32. The fourth-order valence-corrected chi connectivity index (χ4v) is 0.704. The minimum atomic E-state index is -1.12. The summed E-state index contributed by atoms with van der Waals surface area (Å²) in [7, 11) is 0. The lowest BCUT2D eigenvalue weighted by Gasteiger charge is -1.94. The van der Waals surface area contributed by atoms with Gasteiger partial charge >= 0.3 is 11.9 Å². The molecule has 5 heteroatoms. The van der Waals surface area contributed by atoms with Crippen molar-refractivity contribution in [3.05, 3.63) is 0 Å². The zero-order valence-corrected chi connectivity index (χ0v) is 5.94. The Labute approximate surface area is 62.9 Å². The lowest BCUT2D eigenvalue weighted by atomic mass is 10.3. The van der Waals surface area contributed by atoms with Crippen molar-refractivity contribution in [3.8, 4) is 0 Å².